The van der Waals surface area contributed by atoms with Crippen LogP contribution in [0.5, 0.6) is 0 Å². The summed E-state index contributed by atoms with van der Waals surface area (Å²) in [6.07, 6.45) is 19.6. The van der Waals surface area contributed by atoms with E-state index in [1.807, 2.05) is 0 Å². The summed E-state index contributed by atoms with van der Waals surface area (Å²) in [4.78, 5) is 5.30. The number of benzene rings is 2. The van der Waals surface area contributed by atoms with Gasteiger partial charge in [0.2, 0.25) is 0 Å². The molecule has 2 aliphatic rings. The number of nitrogens with zero attached hydrogens (tertiary/aromatic N) is 2. The van der Waals surface area contributed by atoms with Crippen molar-refractivity contribution in [3.63, 3.8) is 0 Å². The Morgan fingerprint density at radius 3 is 1.67 bits per heavy atom. The van der Waals surface area contributed by atoms with Gasteiger partial charge in [0.15, 0.2) is 0 Å². The lowest BCUT2D eigenvalue weighted by molar-refractivity contribution is 0.170. The second-order valence-electron chi connectivity index (χ2n) is 12.1. The summed E-state index contributed by atoms with van der Waals surface area (Å²) in [5, 5.41) is 0. The van der Waals surface area contributed by atoms with E-state index in [-0.39, 0.29) is 7.43 Å². The molecule has 220 valence electrons. The van der Waals surface area contributed by atoms with Gasteiger partial charge in [-0.05, 0) is 94.2 Å². The monoisotopic (exact) mass is 534 g/mol. The van der Waals surface area contributed by atoms with Crippen LogP contribution in [0.3, 0.4) is 0 Å². The van der Waals surface area contributed by atoms with Gasteiger partial charge >= 0.3 is 0 Å². The van der Waals surface area contributed by atoms with Crippen molar-refractivity contribution < 1.29 is 0 Å². The molecule has 2 heteroatoms. The predicted octanol–water partition coefficient (Wildman–Crippen LogP) is 10.0. The number of unbranched alkanes of at least 4 members (excludes halogenated alkanes) is 6. The fraction of sp³-hybridized carbons (Fsp3) is 0.676. The average molecular weight is 535 g/mol. The van der Waals surface area contributed by atoms with Crippen molar-refractivity contribution in [3.8, 4) is 0 Å². The molecule has 0 saturated carbocycles. The highest BCUT2D eigenvalue weighted by Gasteiger charge is 2.19. The zero-order valence-electron chi connectivity index (χ0n) is 25.0. The molecular formula is C37H62N2. The van der Waals surface area contributed by atoms with Gasteiger partial charge in [-0.1, -0.05) is 133 Å². The van der Waals surface area contributed by atoms with Gasteiger partial charge in [0.25, 0.3) is 0 Å². The normalized spacial score (nSPS) is 17.3. The summed E-state index contributed by atoms with van der Waals surface area (Å²) in [6.45, 7) is 12.3. The van der Waals surface area contributed by atoms with Crippen LogP contribution >= 0.6 is 0 Å². The fourth-order valence-corrected chi connectivity index (χ4v) is 6.26. The van der Waals surface area contributed by atoms with Crippen LogP contribution in [0.2, 0.25) is 0 Å². The maximum atomic E-state index is 2.68. The van der Waals surface area contributed by atoms with Gasteiger partial charge in [-0.2, -0.15) is 0 Å². The Morgan fingerprint density at radius 1 is 0.564 bits per heavy atom. The van der Waals surface area contributed by atoms with Crippen molar-refractivity contribution in [1.29, 1.82) is 0 Å². The zero-order chi connectivity index (χ0) is 26.7. The number of likely N-dealkylation sites (tertiary alicyclic amines) is 2. The molecule has 2 fully saturated rings. The van der Waals surface area contributed by atoms with Crippen LogP contribution in [0.15, 0.2) is 60.7 Å². The molecule has 0 spiro atoms. The molecule has 39 heavy (non-hydrogen) atoms. The number of hydrogen-bond donors (Lipinski definition) is 0. The van der Waals surface area contributed by atoms with Crippen molar-refractivity contribution in [2.45, 2.75) is 118 Å². The van der Waals surface area contributed by atoms with Crippen molar-refractivity contribution >= 4 is 0 Å². The van der Waals surface area contributed by atoms with Gasteiger partial charge in [0.1, 0.15) is 0 Å². The molecular weight excluding hydrogens is 472 g/mol. The summed E-state index contributed by atoms with van der Waals surface area (Å²) >= 11 is 0. The van der Waals surface area contributed by atoms with E-state index in [0.29, 0.717) is 0 Å². The van der Waals surface area contributed by atoms with Crippen LogP contribution in [-0.4, -0.2) is 42.5 Å². The maximum absolute atomic E-state index is 2.68. The van der Waals surface area contributed by atoms with E-state index in [2.05, 4.69) is 84.3 Å². The fourth-order valence-electron chi connectivity index (χ4n) is 6.26. The highest BCUT2D eigenvalue weighted by atomic mass is 15.1. The topological polar surface area (TPSA) is 6.48 Å². The van der Waals surface area contributed by atoms with E-state index in [4.69, 9.17) is 0 Å². The van der Waals surface area contributed by atoms with Gasteiger partial charge in [0, 0.05) is 6.54 Å². The predicted molar refractivity (Wildman–Crippen MR) is 173 cm³/mol. The lowest BCUT2D eigenvalue weighted by Gasteiger charge is -2.32. The Balaban J connectivity index is 0.000000267. The molecule has 0 N–H and O–H groups in total. The highest BCUT2D eigenvalue weighted by Crippen LogP contribution is 2.24. The molecule has 2 aromatic carbocycles. The second-order valence-corrected chi connectivity index (χ2v) is 12.1. The summed E-state index contributed by atoms with van der Waals surface area (Å²) in [5.41, 5.74) is 2.98. The van der Waals surface area contributed by atoms with Gasteiger partial charge in [0.05, 0.1) is 0 Å². The highest BCUT2D eigenvalue weighted by molar-refractivity contribution is 5.15. The summed E-state index contributed by atoms with van der Waals surface area (Å²) in [6, 6.07) is 21.9. The third-order valence-corrected chi connectivity index (χ3v) is 8.82. The first-order valence-electron chi connectivity index (χ1n) is 16.3. The van der Waals surface area contributed by atoms with Crippen molar-refractivity contribution in [2.24, 2.45) is 11.8 Å². The van der Waals surface area contributed by atoms with Gasteiger partial charge < -0.3 is 4.90 Å². The van der Waals surface area contributed by atoms with Crippen LogP contribution in [-0.2, 0) is 13.0 Å². The third kappa shape index (κ3) is 14.5. The van der Waals surface area contributed by atoms with Crippen LogP contribution in [0.4, 0.5) is 0 Å². The average Bonchev–Trinajstić information content (AvgIpc) is 2.97. The first-order chi connectivity index (χ1) is 18.8. The first kappa shape index (κ1) is 33.6. The van der Waals surface area contributed by atoms with Crippen LogP contribution in [0.25, 0.3) is 0 Å². The van der Waals surface area contributed by atoms with Crippen LogP contribution in [0, 0.1) is 11.8 Å². The van der Waals surface area contributed by atoms with Gasteiger partial charge in [-0.15, -0.1) is 0 Å². The van der Waals surface area contributed by atoms with E-state index in [1.165, 1.54) is 134 Å². The molecule has 2 aliphatic heterocycles. The van der Waals surface area contributed by atoms with Crippen molar-refractivity contribution in [3.05, 3.63) is 71.8 Å². The summed E-state index contributed by atoms with van der Waals surface area (Å²) in [7, 11) is 0. The Labute approximate surface area is 243 Å². The molecule has 4 rings (SSSR count). The minimum absolute atomic E-state index is 0. The van der Waals surface area contributed by atoms with E-state index >= 15 is 0 Å². The molecule has 2 nitrogen and oxygen atoms in total. The standard InChI is InChI=1S/2C18H29N.CH4/c1-2-3-4-8-13-19-14-11-18(12-15-19)16-17-9-6-5-7-10-17;1-2-3-4-6-9-17-12-14-19(15-13-17)16-18-10-7-5-8-11-18;/h5-7,9-10,18H,2-4,8,11-16H2,1H3;5,7-8,10-11,17H,2-4,6,9,12-16H2,1H3;1H4. The van der Waals surface area contributed by atoms with E-state index in [0.717, 1.165) is 18.4 Å². The molecule has 0 bridgehead atoms. The number of piperidine rings is 2. The van der Waals surface area contributed by atoms with Crippen LogP contribution in [0.1, 0.15) is 116 Å². The third-order valence-electron chi connectivity index (χ3n) is 8.82. The van der Waals surface area contributed by atoms with Crippen LogP contribution < -0.4 is 0 Å². The molecule has 0 aliphatic carbocycles. The Bertz CT molecular complexity index is 719. The van der Waals surface area contributed by atoms with Crippen molar-refractivity contribution in [1.82, 2.24) is 9.80 Å². The molecule has 2 aromatic rings. The Morgan fingerprint density at radius 2 is 1.08 bits per heavy atom. The van der Waals surface area contributed by atoms with E-state index < -0.39 is 0 Å². The van der Waals surface area contributed by atoms with Gasteiger partial charge in [-0.25, -0.2) is 0 Å². The zero-order valence-corrected chi connectivity index (χ0v) is 25.0. The molecule has 0 atom stereocenters. The number of rotatable bonds is 14. The van der Waals surface area contributed by atoms with E-state index in [1.54, 1.807) is 0 Å². The largest absolute Gasteiger partial charge is 0.303 e. The quantitative estimate of drug-likeness (QED) is 0.222. The minimum atomic E-state index is 0. The van der Waals surface area contributed by atoms with Crippen molar-refractivity contribution in [2.75, 3.05) is 32.7 Å². The lowest BCUT2D eigenvalue weighted by Crippen LogP contribution is -2.35. The van der Waals surface area contributed by atoms with E-state index in [9.17, 15) is 0 Å². The molecule has 0 aromatic heterocycles. The minimum Gasteiger partial charge on any atom is -0.303 e. The maximum Gasteiger partial charge on any atom is 0.0233 e. The second kappa shape index (κ2) is 21.2. The number of hydrogen-bond acceptors (Lipinski definition) is 2. The molecule has 2 saturated heterocycles. The Kier molecular flexibility index (Phi) is 18.2. The molecule has 0 unspecified atom stereocenters. The summed E-state index contributed by atoms with van der Waals surface area (Å²) in [5.74, 6) is 1.91. The SMILES string of the molecule is C.CCCCCCC1CCN(Cc2ccccc2)CC1.CCCCCCN1CCC(Cc2ccccc2)CC1. The lowest BCUT2D eigenvalue weighted by atomic mass is 9.90. The first-order valence-corrected chi connectivity index (χ1v) is 16.3. The molecule has 0 amide bonds. The summed E-state index contributed by atoms with van der Waals surface area (Å²) < 4.78 is 0. The van der Waals surface area contributed by atoms with Gasteiger partial charge in [-0.3, -0.25) is 4.90 Å². The smallest absolute Gasteiger partial charge is 0.0233 e. The molecule has 2 heterocycles. The molecule has 0 radical (unpaired) electrons. The Hall–Kier alpha value is -1.64.